The zero-order valence-electron chi connectivity index (χ0n) is 9.81. The highest BCUT2D eigenvalue weighted by molar-refractivity contribution is 9.10. The van der Waals surface area contributed by atoms with Crippen molar-refractivity contribution in [2.45, 2.75) is 6.92 Å². The zero-order chi connectivity index (χ0) is 13.1. The molecule has 1 aromatic carbocycles. The van der Waals surface area contributed by atoms with E-state index in [1.165, 1.54) is 4.90 Å². The van der Waals surface area contributed by atoms with Crippen LogP contribution in [0.25, 0.3) is 0 Å². The molecule has 2 rings (SSSR count). The number of carbonyl (C=O) groups excluding carboxylic acids is 1. The SMILES string of the molecule is C#CCN1C(=O)/C(=N/OCC)c2cc(Br)ccc21. The lowest BCUT2D eigenvalue weighted by molar-refractivity contribution is -0.112. The van der Waals surface area contributed by atoms with Crippen molar-refractivity contribution in [1.82, 2.24) is 0 Å². The second-order valence-corrected chi connectivity index (χ2v) is 4.53. The standard InChI is InChI=1S/C13H11BrN2O2/c1-3-7-16-11-6-5-9(14)8-10(11)12(13(16)17)15-18-4-2/h1,5-6,8H,4,7H2,2H3/b15-12+. The number of oxime groups is 1. The molecule has 0 saturated carbocycles. The van der Waals surface area contributed by atoms with E-state index < -0.39 is 0 Å². The van der Waals surface area contributed by atoms with Crippen LogP contribution in [0.4, 0.5) is 5.69 Å². The first-order valence-corrected chi connectivity index (χ1v) is 6.23. The molecule has 18 heavy (non-hydrogen) atoms. The number of rotatable bonds is 3. The Morgan fingerprint density at radius 3 is 3.00 bits per heavy atom. The summed E-state index contributed by atoms with van der Waals surface area (Å²) < 4.78 is 0.876. The predicted molar refractivity (Wildman–Crippen MR) is 73.5 cm³/mol. The van der Waals surface area contributed by atoms with E-state index in [1.54, 1.807) is 0 Å². The summed E-state index contributed by atoms with van der Waals surface area (Å²) >= 11 is 3.37. The minimum Gasteiger partial charge on any atom is -0.395 e. The number of nitrogens with zero attached hydrogens (tertiary/aromatic N) is 2. The van der Waals surface area contributed by atoms with Gasteiger partial charge in [-0.3, -0.25) is 9.69 Å². The first kappa shape index (κ1) is 12.7. The van der Waals surface area contributed by atoms with E-state index in [9.17, 15) is 4.79 Å². The first-order valence-electron chi connectivity index (χ1n) is 5.44. The highest BCUT2D eigenvalue weighted by atomic mass is 79.9. The van der Waals surface area contributed by atoms with Crippen LogP contribution in [0.2, 0.25) is 0 Å². The fraction of sp³-hybridized carbons (Fsp3) is 0.231. The second-order valence-electron chi connectivity index (χ2n) is 3.61. The summed E-state index contributed by atoms with van der Waals surface area (Å²) in [5.74, 6) is 2.24. The Hall–Kier alpha value is -1.80. The van der Waals surface area contributed by atoms with Gasteiger partial charge in [0.05, 0.1) is 12.2 Å². The zero-order valence-corrected chi connectivity index (χ0v) is 11.4. The number of fused-ring (bicyclic) bond motifs is 1. The Kier molecular flexibility index (Phi) is 3.68. The van der Waals surface area contributed by atoms with Crippen LogP contribution in [0.15, 0.2) is 27.8 Å². The van der Waals surface area contributed by atoms with Crippen LogP contribution in [0.1, 0.15) is 12.5 Å². The molecule has 0 fully saturated rings. The lowest BCUT2D eigenvalue weighted by Gasteiger charge is -2.12. The molecule has 0 saturated heterocycles. The van der Waals surface area contributed by atoms with E-state index in [4.69, 9.17) is 11.3 Å². The lowest BCUT2D eigenvalue weighted by atomic mass is 10.1. The Balaban J connectivity index is 2.51. The molecule has 0 bridgehead atoms. The molecule has 0 N–H and O–H groups in total. The summed E-state index contributed by atoms with van der Waals surface area (Å²) in [6, 6.07) is 5.53. The third kappa shape index (κ3) is 2.12. The molecule has 0 aromatic heterocycles. The van der Waals surface area contributed by atoms with Crippen LogP contribution in [-0.4, -0.2) is 24.8 Å². The molecule has 0 unspecified atom stereocenters. The van der Waals surface area contributed by atoms with Crippen LogP contribution in [0, 0.1) is 12.3 Å². The molecule has 0 spiro atoms. The van der Waals surface area contributed by atoms with Crippen molar-refractivity contribution in [1.29, 1.82) is 0 Å². The third-order valence-corrected chi connectivity index (χ3v) is 2.98. The number of anilines is 1. The van der Waals surface area contributed by atoms with Gasteiger partial charge in [0.25, 0.3) is 5.91 Å². The van der Waals surface area contributed by atoms with Gasteiger partial charge in [0.15, 0.2) is 5.71 Å². The van der Waals surface area contributed by atoms with Crippen LogP contribution in [-0.2, 0) is 9.63 Å². The topological polar surface area (TPSA) is 41.9 Å². The molecule has 4 nitrogen and oxygen atoms in total. The van der Waals surface area contributed by atoms with E-state index >= 15 is 0 Å². The van der Waals surface area contributed by atoms with Gasteiger partial charge in [-0.2, -0.15) is 0 Å². The van der Waals surface area contributed by atoms with Crippen molar-refractivity contribution in [3.8, 4) is 12.3 Å². The van der Waals surface area contributed by atoms with Gasteiger partial charge in [0.2, 0.25) is 0 Å². The number of benzene rings is 1. The largest absolute Gasteiger partial charge is 0.395 e. The summed E-state index contributed by atoms with van der Waals surface area (Å²) in [6.45, 7) is 2.44. The lowest BCUT2D eigenvalue weighted by Crippen LogP contribution is -2.30. The molecular formula is C13H11BrN2O2. The van der Waals surface area contributed by atoms with Crippen molar-refractivity contribution in [2.75, 3.05) is 18.1 Å². The number of halogens is 1. The normalized spacial score (nSPS) is 15.7. The Labute approximate surface area is 114 Å². The molecule has 0 aliphatic carbocycles. The van der Waals surface area contributed by atoms with Gasteiger partial charge < -0.3 is 4.84 Å². The van der Waals surface area contributed by atoms with Gasteiger partial charge >= 0.3 is 0 Å². The number of carbonyl (C=O) groups is 1. The molecule has 1 aliphatic heterocycles. The van der Waals surface area contributed by atoms with E-state index in [0.29, 0.717) is 12.3 Å². The first-order chi connectivity index (χ1) is 8.69. The van der Waals surface area contributed by atoms with Crippen molar-refractivity contribution in [3.63, 3.8) is 0 Å². The number of hydrogen-bond donors (Lipinski definition) is 0. The number of terminal acetylenes is 1. The summed E-state index contributed by atoms with van der Waals surface area (Å²) in [5, 5.41) is 3.87. The Morgan fingerprint density at radius 2 is 2.33 bits per heavy atom. The van der Waals surface area contributed by atoms with Crippen LogP contribution >= 0.6 is 15.9 Å². The van der Waals surface area contributed by atoms with Crippen molar-refractivity contribution < 1.29 is 9.63 Å². The van der Waals surface area contributed by atoms with E-state index in [2.05, 4.69) is 27.0 Å². The van der Waals surface area contributed by atoms with Crippen LogP contribution in [0.5, 0.6) is 0 Å². The number of amides is 1. The van der Waals surface area contributed by atoms with Crippen LogP contribution < -0.4 is 4.90 Å². The monoisotopic (exact) mass is 306 g/mol. The fourth-order valence-corrected chi connectivity index (χ4v) is 2.11. The van der Waals surface area contributed by atoms with Gasteiger partial charge in [-0.15, -0.1) is 6.42 Å². The van der Waals surface area contributed by atoms with Gasteiger partial charge in [0.1, 0.15) is 6.61 Å². The van der Waals surface area contributed by atoms with E-state index in [1.807, 2.05) is 25.1 Å². The molecule has 0 radical (unpaired) electrons. The summed E-state index contributed by atoms with van der Waals surface area (Å²) in [7, 11) is 0. The smallest absolute Gasteiger partial charge is 0.281 e. The highest BCUT2D eigenvalue weighted by Gasteiger charge is 2.34. The summed E-state index contributed by atoms with van der Waals surface area (Å²) in [4.78, 5) is 18.7. The fourth-order valence-electron chi connectivity index (χ4n) is 1.75. The minimum absolute atomic E-state index is 0.221. The molecule has 1 heterocycles. The van der Waals surface area contributed by atoms with Gasteiger partial charge in [-0.05, 0) is 25.1 Å². The molecule has 1 aromatic rings. The molecule has 1 aliphatic rings. The quantitative estimate of drug-likeness (QED) is 0.634. The molecule has 92 valence electrons. The van der Waals surface area contributed by atoms with Crippen molar-refractivity contribution in [3.05, 3.63) is 28.2 Å². The molecular weight excluding hydrogens is 296 g/mol. The maximum Gasteiger partial charge on any atom is 0.281 e. The summed E-state index contributed by atoms with van der Waals surface area (Å²) in [6.07, 6.45) is 5.28. The summed E-state index contributed by atoms with van der Waals surface area (Å²) in [5.41, 5.74) is 1.79. The second kappa shape index (κ2) is 5.23. The highest BCUT2D eigenvalue weighted by Crippen LogP contribution is 2.31. The molecule has 5 heteroatoms. The Morgan fingerprint density at radius 1 is 1.56 bits per heavy atom. The predicted octanol–water partition coefficient (Wildman–Crippen LogP) is 2.17. The van der Waals surface area contributed by atoms with Gasteiger partial charge in [0, 0.05) is 10.0 Å². The van der Waals surface area contributed by atoms with Crippen molar-refractivity contribution in [2.24, 2.45) is 5.16 Å². The minimum atomic E-state index is -0.227. The maximum absolute atomic E-state index is 12.2. The van der Waals surface area contributed by atoms with E-state index in [0.717, 1.165) is 15.7 Å². The average molecular weight is 307 g/mol. The average Bonchev–Trinajstić information content (AvgIpc) is 2.60. The maximum atomic E-state index is 12.2. The molecule has 1 amide bonds. The van der Waals surface area contributed by atoms with Crippen molar-refractivity contribution >= 4 is 33.2 Å². The van der Waals surface area contributed by atoms with E-state index in [-0.39, 0.29) is 12.5 Å². The van der Waals surface area contributed by atoms with Crippen LogP contribution in [0.3, 0.4) is 0 Å². The van der Waals surface area contributed by atoms with Gasteiger partial charge in [-0.1, -0.05) is 27.0 Å². The Bertz CT molecular complexity index is 561. The molecule has 0 atom stereocenters. The van der Waals surface area contributed by atoms with Gasteiger partial charge in [-0.25, -0.2) is 0 Å². The number of hydrogen-bond acceptors (Lipinski definition) is 3. The third-order valence-electron chi connectivity index (χ3n) is 2.49.